The Balaban J connectivity index is 1.65. The SMILES string of the molecule is CCC1=C(C(=O)OC)[C@@H](c2ccccc2F)N2C(CC(=O)NCc3ccccc3)=CSC2=N1. The number of halogens is 1. The lowest BCUT2D eigenvalue weighted by atomic mass is 9.92. The van der Waals surface area contributed by atoms with Crippen LogP contribution < -0.4 is 5.32 Å². The van der Waals surface area contributed by atoms with Gasteiger partial charge in [0.25, 0.3) is 0 Å². The second-order valence-electron chi connectivity index (χ2n) is 7.56. The number of allylic oxidation sites excluding steroid dienone is 1. The molecular formula is C25H24FN3O3S. The lowest BCUT2D eigenvalue weighted by Crippen LogP contribution is -2.38. The summed E-state index contributed by atoms with van der Waals surface area (Å²) in [4.78, 5) is 32.0. The first-order valence-electron chi connectivity index (χ1n) is 10.6. The maximum absolute atomic E-state index is 15.0. The zero-order valence-electron chi connectivity index (χ0n) is 18.4. The topological polar surface area (TPSA) is 71.0 Å². The number of carbonyl (C=O) groups excluding carboxylic acids is 2. The third kappa shape index (κ3) is 4.71. The molecule has 6 nitrogen and oxygen atoms in total. The minimum Gasteiger partial charge on any atom is -0.466 e. The molecule has 0 saturated heterocycles. The van der Waals surface area contributed by atoms with Crippen molar-refractivity contribution in [1.29, 1.82) is 0 Å². The molecule has 33 heavy (non-hydrogen) atoms. The summed E-state index contributed by atoms with van der Waals surface area (Å²) in [5.41, 5.74) is 2.81. The van der Waals surface area contributed by atoms with Gasteiger partial charge in [0, 0.05) is 17.8 Å². The van der Waals surface area contributed by atoms with E-state index in [0.29, 0.717) is 35.1 Å². The molecule has 0 bridgehead atoms. The van der Waals surface area contributed by atoms with Crippen LogP contribution in [0.2, 0.25) is 0 Å². The lowest BCUT2D eigenvalue weighted by molar-refractivity contribution is -0.136. The molecule has 1 atom stereocenters. The zero-order valence-corrected chi connectivity index (χ0v) is 19.2. The van der Waals surface area contributed by atoms with Gasteiger partial charge in [-0.3, -0.25) is 4.79 Å². The van der Waals surface area contributed by atoms with Crippen LogP contribution in [-0.2, 0) is 20.9 Å². The van der Waals surface area contributed by atoms with E-state index in [0.717, 1.165) is 5.56 Å². The first-order chi connectivity index (χ1) is 16.0. The van der Waals surface area contributed by atoms with Crippen molar-refractivity contribution in [1.82, 2.24) is 10.2 Å². The normalized spacial score (nSPS) is 17.3. The number of aliphatic imine (C=N–C) groups is 1. The van der Waals surface area contributed by atoms with Crippen molar-refractivity contribution in [2.75, 3.05) is 7.11 Å². The number of amidine groups is 1. The zero-order chi connectivity index (χ0) is 23.4. The molecule has 2 heterocycles. The molecule has 8 heteroatoms. The van der Waals surface area contributed by atoms with Gasteiger partial charge in [-0.25, -0.2) is 14.2 Å². The molecular weight excluding hydrogens is 441 g/mol. The molecule has 0 fully saturated rings. The molecule has 2 aromatic carbocycles. The molecule has 170 valence electrons. The summed E-state index contributed by atoms with van der Waals surface area (Å²) in [5.74, 6) is -1.18. The Labute approximate surface area is 196 Å². The van der Waals surface area contributed by atoms with Gasteiger partial charge >= 0.3 is 5.97 Å². The Hall–Kier alpha value is -3.39. The van der Waals surface area contributed by atoms with E-state index < -0.39 is 17.8 Å². The lowest BCUT2D eigenvalue weighted by Gasteiger charge is -2.36. The van der Waals surface area contributed by atoms with E-state index in [2.05, 4.69) is 10.3 Å². The number of hydrogen-bond donors (Lipinski definition) is 1. The molecule has 0 saturated carbocycles. The molecule has 1 amide bonds. The number of ether oxygens (including phenoxy) is 1. The van der Waals surface area contributed by atoms with E-state index in [1.54, 1.807) is 23.1 Å². The number of hydrogen-bond acceptors (Lipinski definition) is 6. The Kier molecular flexibility index (Phi) is 6.93. The van der Waals surface area contributed by atoms with Crippen molar-refractivity contribution in [2.45, 2.75) is 32.4 Å². The van der Waals surface area contributed by atoms with Gasteiger partial charge in [-0.2, -0.15) is 0 Å². The van der Waals surface area contributed by atoms with Gasteiger partial charge < -0.3 is 15.0 Å². The summed E-state index contributed by atoms with van der Waals surface area (Å²) in [5, 5.41) is 5.36. The van der Waals surface area contributed by atoms with Gasteiger partial charge in [0.05, 0.1) is 30.8 Å². The average Bonchev–Trinajstić information content (AvgIpc) is 3.24. The minimum absolute atomic E-state index is 0.0692. The average molecular weight is 466 g/mol. The van der Waals surface area contributed by atoms with Crippen LogP contribution in [-0.4, -0.2) is 29.1 Å². The molecule has 1 N–H and O–H groups in total. The number of carbonyl (C=O) groups is 2. The summed E-state index contributed by atoms with van der Waals surface area (Å²) in [6, 6.07) is 15.2. The highest BCUT2D eigenvalue weighted by Crippen LogP contribution is 2.45. The largest absolute Gasteiger partial charge is 0.466 e. The Morgan fingerprint density at radius 1 is 1.15 bits per heavy atom. The molecule has 2 aromatic rings. The maximum Gasteiger partial charge on any atom is 0.338 e. The van der Waals surface area contributed by atoms with E-state index >= 15 is 0 Å². The fourth-order valence-corrected chi connectivity index (χ4v) is 4.86. The third-order valence-electron chi connectivity index (χ3n) is 5.50. The van der Waals surface area contributed by atoms with Gasteiger partial charge in [-0.05, 0) is 23.5 Å². The van der Waals surface area contributed by atoms with Crippen LogP contribution in [0.25, 0.3) is 0 Å². The van der Waals surface area contributed by atoms with Crippen molar-refractivity contribution in [3.05, 3.63) is 93.9 Å². The molecule has 2 aliphatic heterocycles. The molecule has 0 radical (unpaired) electrons. The number of nitrogens with one attached hydrogen (secondary N) is 1. The second-order valence-corrected chi connectivity index (χ2v) is 8.40. The summed E-state index contributed by atoms with van der Waals surface area (Å²) >= 11 is 1.36. The van der Waals surface area contributed by atoms with Crippen LogP contribution in [0, 0.1) is 5.82 Å². The van der Waals surface area contributed by atoms with E-state index in [4.69, 9.17) is 4.74 Å². The second kappa shape index (κ2) is 10.0. The first-order valence-corrected chi connectivity index (χ1v) is 11.5. The van der Waals surface area contributed by atoms with Crippen molar-refractivity contribution < 1.29 is 18.7 Å². The fourth-order valence-electron chi connectivity index (χ4n) is 3.93. The number of esters is 1. The number of fused-ring (bicyclic) bond motifs is 1. The van der Waals surface area contributed by atoms with Gasteiger partial charge in [0.2, 0.25) is 5.91 Å². The van der Waals surface area contributed by atoms with Crippen molar-refractivity contribution >= 4 is 28.8 Å². The Morgan fingerprint density at radius 2 is 1.88 bits per heavy atom. The van der Waals surface area contributed by atoms with Crippen LogP contribution in [0.4, 0.5) is 4.39 Å². The molecule has 2 aliphatic rings. The van der Waals surface area contributed by atoms with Gasteiger partial charge in [-0.15, -0.1) is 0 Å². The van der Waals surface area contributed by atoms with Crippen molar-refractivity contribution in [3.63, 3.8) is 0 Å². The molecule has 0 aliphatic carbocycles. The van der Waals surface area contributed by atoms with Crippen LogP contribution in [0.3, 0.4) is 0 Å². The smallest absolute Gasteiger partial charge is 0.338 e. The van der Waals surface area contributed by atoms with Crippen molar-refractivity contribution in [3.8, 4) is 0 Å². The quantitative estimate of drug-likeness (QED) is 0.602. The molecule has 0 spiro atoms. The summed E-state index contributed by atoms with van der Waals surface area (Å²) < 4.78 is 20.0. The van der Waals surface area contributed by atoms with E-state index in [1.807, 2.05) is 42.7 Å². The predicted octanol–water partition coefficient (Wildman–Crippen LogP) is 4.67. The first kappa shape index (κ1) is 22.8. The molecule has 0 aromatic heterocycles. The number of amides is 1. The minimum atomic E-state index is -0.774. The van der Waals surface area contributed by atoms with E-state index in [1.165, 1.54) is 24.9 Å². The van der Waals surface area contributed by atoms with Crippen LogP contribution >= 0.6 is 11.8 Å². The Morgan fingerprint density at radius 3 is 2.58 bits per heavy atom. The number of rotatable bonds is 7. The Bertz CT molecular complexity index is 1160. The maximum atomic E-state index is 15.0. The fraction of sp³-hybridized carbons (Fsp3) is 0.240. The number of methoxy groups -OCH3 is 1. The predicted molar refractivity (Wildman–Crippen MR) is 126 cm³/mol. The monoisotopic (exact) mass is 465 g/mol. The van der Waals surface area contributed by atoms with Crippen LogP contribution in [0.1, 0.15) is 36.9 Å². The van der Waals surface area contributed by atoms with E-state index in [9.17, 15) is 14.0 Å². The van der Waals surface area contributed by atoms with Gasteiger partial charge in [0.15, 0.2) is 5.17 Å². The number of nitrogens with zero attached hydrogens (tertiary/aromatic N) is 2. The van der Waals surface area contributed by atoms with Crippen molar-refractivity contribution in [2.24, 2.45) is 4.99 Å². The molecule has 0 unspecified atom stereocenters. The highest BCUT2D eigenvalue weighted by molar-refractivity contribution is 8.16. The summed E-state index contributed by atoms with van der Waals surface area (Å²) in [7, 11) is 1.30. The standard InChI is InChI=1S/C25H24FN3O3S/c1-3-20-22(24(31)32-2)23(18-11-7-8-12-19(18)26)29-17(15-33-25(29)28-20)13-21(30)27-14-16-9-5-4-6-10-16/h4-12,15,23H,3,13-14H2,1-2H3,(H,27,30)/t23-/m1/s1. The van der Waals surface area contributed by atoms with Crippen LogP contribution in [0.5, 0.6) is 0 Å². The summed E-state index contributed by atoms with van der Waals surface area (Å²) in [6.07, 6.45) is 0.555. The highest BCUT2D eigenvalue weighted by Gasteiger charge is 2.42. The molecule has 4 rings (SSSR count). The van der Waals surface area contributed by atoms with Crippen LogP contribution in [0.15, 0.2) is 82.0 Å². The van der Waals surface area contributed by atoms with Gasteiger partial charge in [0.1, 0.15) is 5.82 Å². The number of thioether (sulfide) groups is 1. The highest BCUT2D eigenvalue weighted by atomic mass is 32.2. The van der Waals surface area contributed by atoms with Gasteiger partial charge in [-0.1, -0.05) is 67.2 Å². The third-order valence-corrected chi connectivity index (χ3v) is 6.39. The number of benzene rings is 2. The summed E-state index contributed by atoms with van der Waals surface area (Å²) in [6.45, 7) is 2.30. The van der Waals surface area contributed by atoms with E-state index in [-0.39, 0.29) is 17.9 Å².